The van der Waals surface area contributed by atoms with Crippen LogP contribution >= 0.6 is 0 Å². The Bertz CT molecular complexity index is 480. The normalized spacial score (nSPS) is 19.6. The Balaban J connectivity index is 2.08. The van der Waals surface area contributed by atoms with E-state index in [-0.39, 0.29) is 17.3 Å². The maximum Gasteiger partial charge on any atom is 0.257 e. The maximum atomic E-state index is 13.1. The van der Waals surface area contributed by atoms with Crippen LogP contribution < -0.4 is 5.73 Å². The molecule has 6 heteroatoms. The Labute approximate surface area is 112 Å². The van der Waals surface area contributed by atoms with Crippen molar-refractivity contribution in [2.75, 3.05) is 32.9 Å². The first kappa shape index (κ1) is 13.7. The fourth-order valence-corrected chi connectivity index (χ4v) is 2.44. The van der Waals surface area contributed by atoms with Gasteiger partial charge in [-0.1, -0.05) is 0 Å². The Morgan fingerprint density at radius 3 is 3.05 bits per heavy atom. The molecule has 0 aromatic carbocycles. The Hall–Kier alpha value is -1.69. The largest absolute Gasteiger partial charge is 0.383 e. The van der Waals surface area contributed by atoms with Gasteiger partial charge in [0.05, 0.1) is 11.8 Å². The van der Waals surface area contributed by atoms with E-state index in [1.54, 1.807) is 11.9 Å². The number of anilines is 1. The standard InChI is InChI=1S/C13H19FN4O/c1-17-5-3-4-10(17)8-18(2)13(19)11-6-9(14)7-16-12(11)15/h6-7,10H,3-5,8H2,1-2H3,(H2,15,16). The number of hydrogen-bond acceptors (Lipinski definition) is 4. The minimum Gasteiger partial charge on any atom is -0.383 e. The fraction of sp³-hybridized carbons (Fsp3) is 0.538. The highest BCUT2D eigenvalue weighted by Crippen LogP contribution is 2.18. The molecule has 1 fully saturated rings. The molecule has 0 spiro atoms. The number of hydrogen-bond donors (Lipinski definition) is 1. The number of carbonyl (C=O) groups excluding carboxylic acids is 1. The molecule has 19 heavy (non-hydrogen) atoms. The molecule has 1 aliphatic heterocycles. The number of aromatic nitrogens is 1. The molecule has 5 nitrogen and oxygen atoms in total. The number of carbonyl (C=O) groups is 1. The predicted octanol–water partition coefficient (Wildman–Crippen LogP) is 0.969. The summed E-state index contributed by atoms with van der Waals surface area (Å²) in [5.41, 5.74) is 5.76. The van der Waals surface area contributed by atoms with E-state index in [1.165, 1.54) is 0 Å². The second-order valence-electron chi connectivity index (χ2n) is 5.05. The van der Waals surface area contributed by atoms with Crippen LogP contribution in [0.2, 0.25) is 0 Å². The number of pyridine rings is 1. The highest BCUT2D eigenvalue weighted by molar-refractivity contribution is 5.98. The lowest BCUT2D eigenvalue weighted by Gasteiger charge is -2.26. The van der Waals surface area contributed by atoms with Crippen LogP contribution in [0.15, 0.2) is 12.3 Å². The third-order valence-corrected chi connectivity index (χ3v) is 3.62. The van der Waals surface area contributed by atoms with Crippen molar-refractivity contribution in [3.8, 4) is 0 Å². The molecule has 1 unspecified atom stereocenters. The molecule has 1 aromatic heterocycles. The quantitative estimate of drug-likeness (QED) is 0.885. The molecule has 0 bridgehead atoms. The van der Waals surface area contributed by atoms with Gasteiger partial charge in [-0.05, 0) is 32.5 Å². The number of rotatable bonds is 3. The molecule has 1 atom stereocenters. The zero-order chi connectivity index (χ0) is 14.0. The number of nitrogens with zero attached hydrogens (tertiary/aromatic N) is 3. The van der Waals surface area contributed by atoms with Crippen LogP contribution in [0.1, 0.15) is 23.2 Å². The van der Waals surface area contributed by atoms with Crippen molar-refractivity contribution in [1.82, 2.24) is 14.8 Å². The summed E-state index contributed by atoms with van der Waals surface area (Å²) in [5.74, 6) is -0.772. The average Bonchev–Trinajstić information content (AvgIpc) is 2.77. The number of nitrogen functional groups attached to an aromatic ring is 1. The third kappa shape index (κ3) is 3.01. The van der Waals surface area contributed by atoms with Gasteiger partial charge in [0.15, 0.2) is 0 Å². The smallest absolute Gasteiger partial charge is 0.257 e. The third-order valence-electron chi connectivity index (χ3n) is 3.62. The minimum absolute atomic E-state index is 0.0676. The van der Waals surface area contributed by atoms with E-state index >= 15 is 0 Å². The number of halogens is 1. The van der Waals surface area contributed by atoms with Gasteiger partial charge in [-0.2, -0.15) is 0 Å². The zero-order valence-corrected chi connectivity index (χ0v) is 11.3. The molecule has 0 aliphatic carbocycles. The first-order valence-electron chi connectivity index (χ1n) is 6.35. The molecular weight excluding hydrogens is 247 g/mol. The van der Waals surface area contributed by atoms with Gasteiger partial charge in [0, 0.05) is 19.6 Å². The summed E-state index contributed by atoms with van der Waals surface area (Å²) >= 11 is 0. The molecule has 1 aromatic rings. The Morgan fingerprint density at radius 1 is 1.68 bits per heavy atom. The SMILES string of the molecule is CN(CC1CCCN1C)C(=O)c1cc(F)cnc1N. The van der Waals surface area contributed by atoms with Gasteiger partial charge < -0.3 is 15.5 Å². The van der Waals surface area contributed by atoms with Crippen molar-refractivity contribution in [3.05, 3.63) is 23.6 Å². The molecule has 0 radical (unpaired) electrons. The first-order valence-corrected chi connectivity index (χ1v) is 6.35. The van der Waals surface area contributed by atoms with E-state index in [0.717, 1.165) is 31.6 Å². The van der Waals surface area contributed by atoms with Gasteiger partial charge in [-0.25, -0.2) is 9.37 Å². The van der Waals surface area contributed by atoms with E-state index in [4.69, 9.17) is 5.73 Å². The summed E-state index contributed by atoms with van der Waals surface area (Å²) < 4.78 is 13.1. The van der Waals surface area contributed by atoms with E-state index < -0.39 is 5.82 Å². The lowest BCUT2D eigenvalue weighted by Crippen LogP contribution is -2.39. The van der Waals surface area contributed by atoms with Crippen LogP contribution in [0.3, 0.4) is 0 Å². The van der Waals surface area contributed by atoms with E-state index in [1.807, 2.05) is 7.05 Å². The van der Waals surface area contributed by atoms with Crippen LogP contribution in [-0.4, -0.2) is 53.9 Å². The molecular formula is C13H19FN4O. The summed E-state index contributed by atoms with van der Waals surface area (Å²) in [6, 6.07) is 1.50. The topological polar surface area (TPSA) is 62.5 Å². The van der Waals surface area contributed by atoms with Crippen molar-refractivity contribution in [1.29, 1.82) is 0 Å². The van der Waals surface area contributed by atoms with Crippen LogP contribution in [0, 0.1) is 5.82 Å². The van der Waals surface area contributed by atoms with Gasteiger partial charge in [-0.15, -0.1) is 0 Å². The lowest BCUT2D eigenvalue weighted by molar-refractivity contribution is 0.0761. The monoisotopic (exact) mass is 266 g/mol. The summed E-state index contributed by atoms with van der Waals surface area (Å²) in [6.45, 7) is 1.67. The fourth-order valence-electron chi connectivity index (χ4n) is 2.44. The Kier molecular flexibility index (Phi) is 3.99. The molecule has 2 rings (SSSR count). The molecule has 104 valence electrons. The number of likely N-dealkylation sites (tertiary alicyclic amines) is 1. The number of nitrogens with two attached hydrogens (primary N) is 1. The summed E-state index contributed by atoms with van der Waals surface area (Å²) in [7, 11) is 3.76. The summed E-state index contributed by atoms with van der Waals surface area (Å²) in [5, 5.41) is 0. The highest BCUT2D eigenvalue weighted by atomic mass is 19.1. The van der Waals surface area contributed by atoms with Gasteiger partial charge in [0.25, 0.3) is 5.91 Å². The molecule has 1 saturated heterocycles. The highest BCUT2D eigenvalue weighted by Gasteiger charge is 2.25. The molecule has 1 amide bonds. The lowest BCUT2D eigenvalue weighted by atomic mass is 10.2. The number of amides is 1. The van der Waals surface area contributed by atoms with Gasteiger partial charge in [0.1, 0.15) is 11.6 Å². The molecule has 2 N–H and O–H groups in total. The van der Waals surface area contributed by atoms with Crippen molar-refractivity contribution in [2.24, 2.45) is 0 Å². The summed E-state index contributed by atoms with van der Waals surface area (Å²) in [4.78, 5) is 19.7. The van der Waals surface area contributed by atoms with E-state index in [9.17, 15) is 9.18 Å². The van der Waals surface area contributed by atoms with Crippen LogP contribution in [-0.2, 0) is 0 Å². The minimum atomic E-state index is -0.552. The molecule has 2 heterocycles. The second kappa shape index (κ2) is 5.52. The van der Waals surface area contributed by atoms with E-state index in [0.29, 0.717) is 12.6 Å². The number of likely N-dealkylation sites (N-methyl/N-ethyl adjacent to an activating group) is 2. The maximum absolute atomic E-state index is 13.1. The predicted molar refractivity (Wildman–Crippen MR) is 71.2 cm³/mol. The van der Waals surface area contributed by atoms with Crippen molar-refractivity contribution >= 4 is 11.7 Å². The van der Waals surface area contributed by atoms with Crippen LogP contribution in [0.5, 0.6) is 0 Å². The second-order valence-corrected chi connectivity index (χ2v) is 5.05. The average molecular weight is 266 g/mol. The molecule has 1 aliphatic rings. The van der Waals surface area contributed by atoms with Crippen LogP contribution in [0.4, 0.5) is 10.2 Å². The zero-order valence-electron chi connectivity index (χ0n) is 11.3. The van der Waals surface area contributed by atoms with Gasteiger partial charge in [-0.3, -0.25) is 4.79 Å². The first-order chi connectivity index (χ1) is 8.99. The van der Waals surface area contributed by atoms with Crippen molar-refractivity contribution < 1.29 is 9.18 Å². The van der Waals surface area contributed by atoms with Gasteiger partial charge >= 0.3 is 0 Å². The van der Waals surface area contributed by atoms with Crippen molar-refractivity contribution in [2.45, 2.75) is 18.9 Å². The van der Waals surface area contributed by atoms with Crippen LogP contribution in [0.25, 0.3) is 0 Å². The van der Waals surface area contributed by atoms with Crippen molar-refractivity contribution in [3.63, 3.8) is 0 Å². The summed E-state index contributed by atoms with van der Waals surface area (Å²) in [6.07, 6.45) is 3.23. The van der Waals surface area contributed by atoms with Gasteiger partial charge in [0.2, 0.25) is 0 Å². The Morgan fingerprint density at radius 2 is 2.42 bits per heavy atom. The van der Waals surface area contributed by atoms with E-state index in [2.05, 4.69) is 9.88 Å². The molecule has 0 saturated carbocycles.